The monoisotopic (exact) mass is 1100 g/mol. The number of allylic oxidation sites excluding steroid dienone is 12. The molecule has 20 heteroatoms. The van der Waals surface area contributed by atoms with Crippen molar-refractivity contribution in [2.24, 2.45) is 23.5 Å². The molecule has 0 amide bonds. The van der Waals surface area contributed by atoms with Crippen LogP contribution in [0.1, 0.15) is 115 Å². The molecule has 2 saturated heterocycles. The number of nitrogens with two attached hydrogens (primary N) is 2. The third-order valence-electron chi connectivity index (χ3n) is 14.1. The van der Waals surface area contributed by atoms with Gasteiger partial charge in [0.25, 0.3) is 0 Å². The lowest BCUT2D eigenvalue weighted by Gasteiger charge is -2.45. The number of carboxylic acid groups (broad SMARTS) is 1. The van der Waals surface area contributed by atoms with E-state index in [0.29, 0.717) is 17.7 Å². The normalized spacial score (nSPS) is 34.9. The summed E-state index contributed by atoms with van der Waals surface area (Å²) in [5.41, 5.74) is 12.7. The number of carbonyl (C=O) groups excluding carboxylic acids is 3. The van der Waals surface area contributed by atoms with Gasteiger partial charge in [-0.15, -0.1) is 0 Å². The van der Waals surface area contributed by atoms with Crippen LogP contribution in [-0.2, 0) is 33.3 Å². The lowest BCUT2D eigenvalue weighted by atomic mass is 9.82. The topological polar surface area (TPSA) is 360 Å². The second-order valence-corrected chi connectivity index (χ2v) is 21.0. The minimum Gasteiger partial charge on any atom is -0.481 e. The van der Waals surface area contributed by atoms with Gasteiger partial charge in [0, 0.05) is 49.3 Å². The number of benzene rings is 1. The van der Waals surface area contributed by atoms with Crippen LogP contribution >= 0.6 is 0 Å². The van der Waals surface area contributed by atoms with Crippen molar-refractivity contribution in [3.8, 4) is 0 Å². The first-order chi connectivity index (χ1) is 36.9. The smallest absolute Gasteiger partial charge is 0.313 e. The van der Waals surface area contributed by atoms with Crippen molar-refractivity contribution in [2.45, 2.75) is 196 Å². The van der Waals surface area contributed by atoms with Crippen LogP contribution in [0.4, 0.5) is 5.69 Å². The molecule has 3 heterocycles. The number of ketones is 2. The van der Waals surface area contributed by atoms with Gasteiger partial charge in [-0.3, -0.25) is 19.2 Å². The number of hydrogen-bond donors (Lipinski definition) is 12. The molecule has 0 aromatic heterocycles. The van der Waals surface area contributed by atoms with Gasteiger partial charge in [0.15, 0.2) is 17.9 Å². The second kappa shape index (κ2) is 32.9. The molecule has 0 radical (unpaired) electrons. The molecule has 1 aromatic rings. The van der Waals surface area contributed by atoms with Gasteiger partial charge >= 0.3 is 11.9 Å². The van der Waals surface area contributed by atoms with Gasteiger partial charge in [-0.05, 0) is 82.1 Å². The molecule has 0 spiro atoms. The van der Waals surface area contributed by atoms with Crippen LogP contribution in [0.25, 0.3) is 0 Å². The molecule has 0 aliphatic carbocycles. The summed E-state index contributed by atoms with van der Waals surface area (Å²) in [5, 5.41) is 108. The standard InChI is InChI=1S/C58H84N2O18/c1-35-17-14-12-10-8-6-4-5-7-9-11-13-15-20-46(76-57-54(71)52(60)53(70)37(3)75-57)32-49-51(56(72)73)48(68)34-58(74,78-49)33-45(66)29-44(65)28-43(64)27-40(61)18-16-19-41(62)31-50(69)77-55(35)36(2)21-26-42(63)30-47(67)38-22-24-39(59)25-23-38/h4-15,17,20,22-25,35-37,40,42-46,48-49,51-55,57,61,63-66,68,70-71,74H,16,18-19,21,26-34,59-60H2,1-3H3,(H,72,73)/t35?,36?,37-,40?,42?,43?,44?,45?,46?,48?,49?,51?,52+,53-,54+,55?,57+,58?/m1/s1. The predicted molar refractivity (Wildman–Crippen MR) is 289 cm³/mol. The lowest BCUT2D eigenvalue weighted by Crippen LogP contribution is -2.61. The first kappa shape index (κ1) is 65.5. The molecule has 0 saturated carbocycles. The van der Waals surface area contributed by atoms with E-state index in [4.69, 9.17) is 30.4 Å². The van der Waals surface area contributed by atoms with E-state index in [2.05, 4.69) is 0 Å². The molecule has 20 nitrogen and oxygen atoms in total. The van der Waals surface area contributed by atoms with Crippen LogP contribution < -0.4 is 11.5 Å². The fraction of sp³-hybridized carbons (Fsp3) is 0.586. The number of fused-ring (bicyclic) bond motifs is 2. The zero-order chi connectivity index (χ0) is 57.5. The number of carbonyl (C=O) groups is 4. The van der Waals surface area contributed by atoms with E-state index in [9.17, 15) is 70.2 Å². The number of cyclic esters (lactones) is 1. The Balaban J connectivity index is 1.52. The molecule has 14 N–H and O–H groups in total. The van der Waals surface area contributed by atoms with Gasteiger partial charge in [-0.2, -0.15) is 0 Å². The number of rotatable bonds is 10. The number of esters is 1. The highest BCUT2D eigenvalue weighted by Gasteiger charge is 2.51. The SMILES string of the molecule is CC1C=CC=CC=CC=CC=CC=CC=CC(O[C@@H]2O[C@H](C)[C@@H](O)[C@H](N)[C@@H]2O)CC2OC(O)(CC(O)CC(O)CC(O)CC(O)CCCC(=O)CC(=O)OC1C(C)CCC(O)CC(=O)c1ccc(N)cc1)CC(O)C2C(=O)O. The van der Waals surface area contributed by atoms with Crippen molar-refractivity contribution in [2.75, 3.05) is 5.73 Å². The zero-order valence-electron chi connectivity index (χ0n) is 44.8. The number of aliphatic carboxylic acids is 1. The van der Waals surface area contributed by atoms with Crippen LogP contribution in [0.5, 0.6) is 0 Å². The maximum Gasteiger partial charge on any atom is 0.313 e. The Hall–Kier alpha value is -5.04. The molecule has 18 atom stereocenters. The average molecular weight is 1100 g/mol. The number of Topliss-reactive ketones (excluding diaryl/α,β-unsaturated/α-hetero) is 2. The van der Waals surface area contributed by atoms with Crippen LogP contribution in [0.3, 0.4) is 0 Å². The maximum atomic E-state index is 13.2. The number of hydrogen-bond acceptors (Lipinski definition) is 19. The van der Waals surface area contributed by atoms with Gasteiger partial charge in [-0.1, -0.05) is 98.9 Å². The summed E-state index contributed by atoms with van der Waals surface area (Å²) in [5.74, 6) is -7.37. The highest BCUT2D eigenvalue weighted by Crippen LogP contribution is 2.38. The largest absolute Gasteiger partial charge is 0.481 e. The van der Waals surface area contributed by atoms with E-state index in [-0.39, 0.29) is 69.0 Å². The van der Waals surface area contributed by atoms with E-state index in [0.717, 1.165) is 0 Å². The molecule has 3 aliphatic rings. The van der Waals surface area contributed by atoms with Gasteiger partial charge in [0.1, 0.15) is 30.3 Å². The molecule has 78 heavy (non-hydrogen) atoms. The van der Waals surface area contributed by atoms with Crippen LogP contribution in [0.2, 0.25) is 0 Å². The van der Waals surface area contributed by atoms with Gasteiger partial charge in [-0.25, -0.2) is 0 Å². The van der Waals surface area contributed by atoms with Gasteiger partial charge in [0.05, 0.1) is 67.1 Å². The summed E-state index contributed by atoms with van der Waals surface area (Å²) in [6, 6.07) is 5.28. The first-order valence-corrected chi connectivity index (χ1v) is 26.9. The Morgan fingerprint density at radius 3 is 1.92 bits per heavy atom. The summed E-state index contributed by atoms with van der Waals surface area (Å²) in [6.07, 6.45) is 5.99. The number of aliphatic hydroxyl groups is 9. The Morgan fingerprint density at radius 2 is 1.32 bits per heavy atom. The molecule has 2 fully saturated rings. The summed E-state index contributed by atoms with van der Waals surface area (Å²) < 4.78 is 23.7. The van der Waals surface area contributed by atoms with Gasteiger partial charge in [0.2, 0.25) is 0 Å². The van der Waals surface area contributed by atoms with E-state index in [1.807, 2.05) is 19.9 Å². The fourth-order valence-electron chi connectivity index (χ4n) is 9.84. The molecule has 4 rings (SSSR count). The van der Waals surface area contributed by atoms with E-state index < -0.39 is 141 Å². The molecule has 13 unspecified atom stereocenters. The maximum absolute atomic E-state index is 13.2. The quantitative estimate of drug-likeness (QED) is 0.0692. The summed E-state index contributed by atoms with van der Waals surface area (Å²) >= 11 is 0. The third-order valence-corrected chi connectivity index (χ3v) is 14.1. The van der Waals surface area contributed by atoms with Crippen LogP contribution in [0.15, 0.2) is 109 Å². The highest BCUT2D eigenvalue weighted by molar-refractivity contribution is 5.96. The first-order valence-electron chi connectivity index (χ1n) is 26.9. The Morgan fingerprint density at radius 1 is 0.756 bits per heavy atom. The van der Waals surface area contributed by atoms with Crippen molar-refractivity contribution >= 4 is 29.2 Å². The number of carboxylic acids is 1. The molecule has 2 bridgehead atoms. The van der Waals surface area contributed by atoms with E-state index >= 15 is 0 Å². The molecule has 1 aromatic carbocycles. The number of ether oxygens (including phenoxy) is 4. The fourth-order valence-corrected chi connectivity index (χ4v) is 9.84. The van der Waals surface area contributed by atoms with Gasteiger partial charge < -0.3 is 81.5 Å². The molecule has 3 aliphatic heterocycles. The second-order valence-electron chi connectivity index (χ2n) is 21.0. The Kier molecular flexibility index (Phi) is 27.6. The van der Waals surface area contributed by atoms with E-state index in [1.165, 1.54) is 13.0 Å². The summed E-state index contributed by atoms with van der Waals surface area (Å²) in [6.45, 7) is 5.27. The van der Waals surface area contributed by atoms with Crippen LogP contribution in [-0.4, -0.2) is 166 Å². The minimum atomic E-state index is -2.31. The number of nitrogen functional groups attached to an aromatic ring is 1. The van der Waals surface area contributed by atoms with Crippen molar-refractivity contribution in [1.29, 1.82) is 0 Å². The lowest BCUT2D eigenvalue weighted by molar-refractivity contribution is -0.308. The highest BCUT2D eigenvalue weighted by atomic mass is 16.7. The number of aliphatic hydroxyl groups excluding tert-OH is 8. The molecular weight excluding hydrogens is 1010 g/mol. The van der Waals surface area contributed by atoms with Crippen molar-refractivity contribution < 1.29 is 89.2 Å². The summed E-state index contributed by atoms with van der Waals surface area (Å²) in [7, 11) is 0. The minimum absolute atomic E-state index is 0.0724. The molecular formula is C58H84N2O18. The van der Waals surface area contributed by atoms with E-state index in [1.54, 1.807) is 97.2 Å². The number of anilines is 1. The third kappa shape index (κ3) is 22.6. The summed E-state index contributed by atoms with van der Waals surface area (Å²) in [4.78, 5) is 51.5. The predicted octanol–water partition coefficient (Wildman–Crippen LogP) is 3.32. The molecule has 434 valence electrons. The Labute approximate surface area is 456 Å². The Bertz CT molecular complexity index is 2250. The van der Waals surface area contributed by atoms with Crippen molar-refractivity contribution in [3.05, 3.63) is 115 Å². The average Bonchev–Trinajstić information content (AvgIpc) is 3.34. The van der Waals surface area contributed by atoms with Crippen molar-refractivity contribution in [3.63, 3.8) is 0 Å². The van der Waals surface area contributed by atoms with Crippen molar-refractivity contribution in [1.82, 2.24) is 0 Å². The van der Waals surface area contributed by atoms with Crippen LogP contribution in [0, 0.1) is 17.8 Å². The zero-order valence-corrected chi connectivity index (χ0v) is 44.8.